The summed E-state index contributed by atoms with van der Waals surface area (Å²) in [5, 5.41) is 7.29. The monoisotopic (exact) mass is 383 g/mol. The molecule has 7 heteroatoms. The standard InChI is InChI=1S/C19H30ClN3O3/c1-21-19(22-12-7-5-4-6-8-18(24)26-3)23-13-11-15-9-10-16(25-2)14-17(15)20/h9-10,14H,4-8,11-13H2,1-3H3,(H2,21,22,23). The molecule has 0 fully saturated rings. The van der Waals surface area contributed by atoms with Gasteiger partial charge in [0.25, 0.3) is 0 Å². The van der Waals surface area contributed by atoms with Gasteiger partial charge in [-0.2, -0.15) is 0 Å². The predicted molar refractivity (Wildman–Crippen MR) is 106 cm³/mol. The molecule has 0 spiro atoms. The molecular weight excluding hydrogens is 354 g/mol. The molecule has 0 amide bonds. The fourth-order valence-corrected chi connectivity index (χ4v) is 2.72. The van der Waals surface area contributed by atoms with Gasteiger partial charge in [-0.3, -0.25) is 9.79 Å². The third-order valence-corrected chi connectivity index (χ3v) is 4.35. The zero-order valence-electron chi connectivity index (χ0n) is 15.9. The molecule has 0 unspecified atom stereocenters. The van der Waals surface area contributed by atoms with Crippen molar-refractivity contribution in [1.29, 1.82) is 0 Å². The van der Waals surface area contributed by atoms with Crippen molar-refractivity contribution in [3.63, 3.8) is 0 Å². The molecule has 0 radical (unpaired) electrons. The Morgan fingerprint density at radius 2 is 1.85 bits per heavy atom. The van der Waals surface area contributed by atoms with E-state index < -0.39 is 0 Å². The van der Waals surface area contributed by atoms with Crippen LogP contribution in [-0.2, 0) is 16.0 Å². The van der Waals surface area contributed by atoms with Crippen molar-refractivity contribution in [1.82, 2.24) is 10.6 Å². The Labute approximate surface area is 161 Å². The molecule has 1 aromatic rings. The smallest absolute Gasteiger partial charge is 0.305 e. The summed E-state index contributed by atoms with van der Waals surface area (Å²) in [5.74, 6) is 1.41. The Balaban J connectivity index is 2.16. The molecule has 0 atom stereocenters. The molecule has 26 heavy (non-hydrogen) atoms. The summed E-state index contributed by atoms with van der Waals surface area (Å²) >= 11 is 6.25. The molecule has 0 aliphatic heterocycles. The van der Waals surface area contributed by atoms with E-state index in [1.807, 2.05) is 18.2 Å². The summed E-state index contributed by atoms with van der Waals surface area (Å²) in [7, 11) is 4.81. The van der Waals surface area contributed by atoms with Crippen LogP contribution in [0.15, 0.2) is 23.2 Å². The molecule has 0 heterocycles. The first kappa shape index (κ1) is 22.1. The number of rotatable bonds is 11. The summed E-state index contributed by atoms with van der Waals surface area (Å²) < 4.78 is 9.78. The van der Waals surface area contributed by atoms with Crippen molar-refractivity contribution in [3.05, 3.63) is 28.8 Å². The summed E-state index contributed by atoms with van der Waals surface area (Å²) in [6.07, 6.45) is 5.31. The van der Waals surface area contributed by atoms with E-state index in [0.717, 1.165) is 62.5 Å². The van der Waals surface area contributed by atoms with Gasteiger partial charge >= 0.3 is 5.97 Å². The molecule has 0 aliphatic carbocycles. The van der Waals surface area contributed by atoms with Crippen LogP contribution in [0.1, 0.15) is 37.7 Å². The molecule has 0 saturated carbocycles. The first-order valence-electron chi connectivity index (χ1n) is 8.94. The van der Waals surface area contributed by atoms with Crippen LogP contribution in [0.4, 0.5) is 0 Å². The maximum Gasteiger partial charge on any atom is 0.305 e. The van der Waals surface area contributed by atoms with Gasteiger partial charge in [-0.1, -0.05) is 30.5 Å². The molecule has 6 nitrogen and oxygen atoms in total. The summed E-state index contributed by atoms with van der Waals surface area (Å²) in [6.45, 7) is 1.59. The highest BCUT2D eigenvalue weighted by Crippen LogP contribution is 2.22. The van der Waals surface area contributed by atoms with Gasteiger partial charge in [0.1, 0.15) is 5.75 Å². The molecule has 0 aliphatic rings. The molecule has 2 N–H and O–H groups in total. The second-order valence-corrected chi connectivity index (χ2v) is 6.28. The molecule has 1 rings (SSSR count). The highest BCUT2D eigenvalue weighted by molar-refractivity contribution is 6.31. The minimum atomic E-state index is -0.135. The Kier molecular flexibility index (Phi) is 11.3. The molecule has 0 saturated heterocycles. The van der Waals surface area contributed by atoms with Crippen molar-refractivity contribution in [2.45, 2.75) is 38.5 Å². The first-order chi connectivity index (χ1) is 12.6. The van der Waals surface area contributed by atoms with Gasteiger partial charge in [0, 0.05) is 31.6 Å². The molecular formula is C19H30ClN3O3. The lowest BCUT2D eigenvalue weighted by molar-refractivity contribution is -0.140. The number of aliphatic imine (C=N–C) groups is 1. The Morgan fingerprint density at radius 1 is 1.12 bits per heavy atom. The van der Waals surface area contributed by atoms with E-state index >= 15 is 0 Å². The van der Waals surface area contributed by atoms with Gasteiger partial charge in [-0.25, -0.2) is 0 Å². The number of hydrogen-bond donors (Lipinski definition) is 2. The van der Waals surface area contributed by atoms with E-state index in [2.05, 4.69) is 20.4 Å². The predicted octanol–water partition coefficient (Wildman–Crippen LogP) is 3.18. The third kappa shape index (κ3) is 8.94. The van der Waals surface area contributed by atoms with Crippen LogP contribution < -0.4 is 15.4 Å². The fraction of sp³-hybridized carbons (Fsp3) is 0.579. The van der Waals surface area contributed by atoms with Gasteiger partial charge in [0.2, 0.25) is 0 Å². The normalized spacial score (nSPS) is 11.2. The Bertz CT molecular complexity index is 579. The lowest BCUT2D eigenvalue weighted by Gasteiger charge is -2.12. The second-order valence-electron chi connectivity index (χ2n) is 5.87. The zero-order chi connectivity index (χ0) is 19.2. The van der Waals surface area contributed by atoms with Crippen molar-refractivity contribution < 1.29 is 14.3 Å². The number of methoxy groups -OCH3 is 2. The van der Waals surface area contributed by atoms with Crippen molar-refractivity contribution in [3.8, 4) is 5.75 Å². The van der Waals surface area contributed by atoms with E-state index in [9.17, 15) is 4.79 Å². The number of esters is 1. The molecule has 1 aromatic carbocycles. The van der Waals surface area contributed by atoms with E-state index in [-0.39, 0.29) is 5.97 Å². The van der Waals surface area contributed by atoms with Crippen LogP contribution in [0.5, 0.6) is 5.75 Å². The van der Waals surface area contributed by atoms with Gasteiger partial charge < -0.3 is 20.1 Å². The molecule has 0 bridgehead atoms. The van der Waals surface area contributed by atoms with Crippen LogP contribution in [0.3, 0.4) is 0 Å². The van der Waals surface area contributed by atoms with Gasteiger partial charge in [0.15, 0.2) is 5.96 Å². The number of carbonyl (C=O) groups is 1. The van der Waals surface area contributed by atoms with Gasteiger partial charge in [-0.05, 0) is 37.0 Å². The number of nitrogens with one attached hydrogen (secondary N) is 2. The molecule has 0 aromatic heterocycles. The number of nitrogens with zero attached hydrogens (tertiary/aromatic N) is 1. The minimum Gasteiger partial charge on any atom is -0.497 e. The van der Waals surface area contributed by atoms with Crippen LogP contribution in [-0.4, -0.2) is 46.3 Å². The number of ether oxygens (including phenoxy) is 2. The van der Waals surface area contributed by atoms with Crippen molar-refractivity contribution in [2.75, 3.05) is 34.4 Å². The van der Waals surface area contributed by atoms with Gasteiger partial charge in [0.05, 0.1) is 14.2 Å². The number of benzene rings is 1. The van der Waals surface area contributed by atoms with Crippen LogP contribution >= 0.6 is 11.6 Å². The van der Waals surface area contributed by atoms with Crippen LogP contribution in [0.2, 0.25) is 5.02 Å². The fourth-order valence-electron chi connectivity index (χ4n) is 2.45. The van der Waals surface area contributed by atoms with Gasteiger partial charge in [-0.15, -0.1) is 0 Å². The molecule has 146 valence electrons. The minimum absolute atomic E-state index is 0.135. The quantitative estimate of drug-likeness (QED) is 0.266. The van der Waals surface area contributed by atoms with E-state index in [1.54, 1.807) is 14.2 Å². The SMILES string of the molecule is CN=C(NCCCCCCC(=O)OC)NCCc1ccc(OC)cc1Cl. The average molecular weight is 384 g/mol. The van der Waals surface area contributed by atoms with E-state index in [1.165, 1.54) is 7.11 Å². The van der Waals surface area contributed by atoms with Crippen LogP contribution in [0.25, 0.3) is 0 Å². The maximum absolute atomic E-state index is 11.0. The maximum atomic E-state index is 11.0. The largest absolute Gasteiger partial charge is 0.497 e. The lowest BCUT2D eigenvalue weighted by Crippen LogP contribution is -2.38. The number of hydrogen-bond acceptors (Lipinski definition) is 4. The third-order valence-electron chi connectivity index (χ3n) is 4.00. The Hall–Kier alpha value is -1.95. The van der Waals surface area contributed by atoms with Crippen molar-refractivity contribution in [2.24, 2.45) is 4.99 Å². The van der Waals surface area contributed by atoms with E-state index in [4.69, 9.17) is 16.3 Å². The summed E-state index contributed by atoms with van der Waals surface area (Å²) in [5.41, 5.74) is 1.07. The second kappa shape index (κ2) is 13.3. The highest BCUT2D eigenvalue weighted by Gasteiger charge is 2.04. The topological polar surface area (TPSA) is 72.0 Å². The first-order valence-corrected chi connectivity index (χ1v) is 9.32. The average Bonchev–Trinajstić information content (AvgIpc) is 2.66. The lowest BCUT2D eigenvalue weighted by atomic mass is 10.1. The highest BCUT2D eigenvalue weighted by atomic mass is 35.5. The zero-order valence-corrected chi connectivity index (χ0v) is 16.7. The summed E-state index contributed by atoms with van der Waals surface area (Å²) in [6, 6.07) is 5.71. The van der Waals surface area contributed by atoms with Crippen LogP contribution in [0, 0.1) is 0 Å². The van der Waals surface area contributed by atoms with Crippen molar-refractivity contribution >= 4 is 23.5 Å². The number of halogens is 1. The number of unbranched alkanes of at least 4 members (excludes halogenated alkanes) is 3. The van der Waals surface area contributed by atoms with E-state index in [0.29, 0.717) is 11.4 Å². The number of guanidine groups is 1. The summed E-state index contributed by atoms with van der Waals surface area (Å²) in [4.78, 5) is 15.2. The number of carbonyl (C=O) groups excluding carboxylic acids is 1. The Morgan fingerprint density at radius 3 is 2.50 bits per heavy atom.